The number of rotatable bonds is 9. The predicted molar refractivity (Wildman–Crippen MR) is 169 cm³/mol. The second-order valence-corrected chi connectivity index (χ2v) is 18.7. The smallest absolute Gasteiger partial charge is 0.255 e. The van der Waals surface area contributed by atoms with E-state index in [1.54, 1.807) is 17.0 Å². The Labute approximate surface area is 259 Å². The van der Waals surface area contributed by atoms with Crippen molar-refractivity contribution in [2.24, 2.45) is 11.7 Å². The van der Waals surface area contributed by atoms with Crippen LogP contribution in [0.15, 0.2) is 36.5 Å². The first-order valence-electron chi connectivity index (χ1n) is 15.4. The molecule has 0 bridgehead atoms. The van der Waals surface area contributed by atoms with Gasteiger partial charge < -0.3 is 20.3 Å². The number of primary amides is 1. The van der Waals surface area contributed by atoms with Gasteiger partial charge in [0, 0.05) is 64.5 Å². The molecule has 5 rings (SSSR count). The maximum atomic E-state index is 13.3. The van der Waals surface area contributed by atoms with Crippen LogP contribution in [0.3, 0.4) is 0 Å². The molecule has 3 aliphatic rings. The summed E-state index contributed by atoms with van der Waals surface area (Å²) >= 11 is 0. The number of benzene rings is 1. The first kappa shape index (κ1) is 31.4. The van der Waals surface area contributed by atoms with E-state index in [2.05, 4.69) is 41.4 Å². The summed E-state index contributed by atoms with van der Waals surface area (Å²) in [4.78, 5) is 59.8. The number of amides is 4. The van der Waals surface area contributed by atoms with Gasteiger partial charge in [-0.15, -0.1) is 0 Å². The van der Waals surface area contributed by atoms with Crippen molar-refractivity contribution >= 4 is 37.5 Å². The van der Waals surface area contributed by atoms with Crippen LogP contribution in [-0.2, 0) is 20.9 Å². The number of imide groups is 1. The van der Waals surface area contributed by atoms with Crippen LogP contribution in [0.1, 0.15) is 63.9 Å². The lowest BCUT2D eigenvalue weighted by Gasteiger charge is -2.35. The lowest BCUT2D eigenvalue weighted by Crippen LogP contribution is -2.55. The van der Waals surface area contributed by atoms with Crippen molar-refractivity contribution in [3.8, 4) is 11.8 Å². The van der Waals surface area contributed by atoms with Crippen LogP contribution < -0.4 is 10.6 Å². The number of hydrogen-bond donors (Lipinski definition) is 1. The Morgan fingerprint density at radius 3 is 2.55 bits per heavy atom. The molecule has 0 radical (unpaired) electrons. The first-order valence-corrected chi connectivity index (χ1v) is 19.1. The quantitative estimate of drug-likeness (QED) is 0.198. The van der Waals surface area contributed by atoms with Gasteiger partial charge >= 0.3 is 0 Å². The Balaban J connectivity index is 1.14. The van der Waals surface area contributed by atoms with E-state index in [9.17, 15) is 19.2 Å². The van der Waals surface area contributed by atoms with E-state index in [0.717, 1.165) is 55.3 Å². The molecule has 4 amide bonds. The van der Waals surface area contributed by atoms with Gasteiger partial charge in [-0.2, -0.15) is 0 Å². The average molecular weight is 616 g/mol. The van der Waals surface area contributed by atoms with Crippen LogP contribution in [0.25, 0.3) is 0 Å². The second-order valence-electron chi connectivity index (χ2n) is 13.1. The minimum absolute atomic E-state index is 0.0622. The van der Waals surface area contributed by atoms with Crippen molar-refractivity contribution in [2.45, 2.75) is 70.4 Å². The maximum Gasteiger partial charge on any atom is 0.255 e. The third-order valence-corrected chi connectivity index (χ3v) is 10.3. The van der Waals surface area contributed by atoms with Crippen LogP contribution in [0.5, 0.6) is 0 Å². The van der Waals surface area contributed by atoms with E-state index in [4.69, 9.17) is 10.5 Å². The number of fused-ring (bicyclic) bond motifs is 1. The Kier molecular flexibility index (Phi) is 9.51. The fourth-order valence-corrected chi connectivity index (χ4v) is 6.59. The molecule has 2 saturated heterocycles. The predicted octanol–water partition coefficient (Wildman–Crippen LogP) is 3.62. The normalized spacial score (nSPS) is 19.2. The molecule has 2 fully saturated rings. The molecule has 1 unspecified atom stereocenters. The molecule has 2 N–H and O–H groups in total. The van der Waals surface area contributed by atoms with Gasteiger partial charge in [0.15, 0.2) is 0 Å². The van der Waals surface area contributed by atoms with E-state index in [1.807, 2.05) is 18.2 Å². The van der Waals surface area contributed by atoms with Gasteiger partial charge in [-0.3, -0.25) is 24.1 Å². The standard InChI is InChI=1S/C33H41N5O5Si/c1-44(2,3)18-17-43-22-38-30(39)12-10-28(33(38)42)37-21-26-19-24(7-9-27(26)32(37)41)6-4-5-23-13-15-36(16-14-23)29-11-8-25(20-35-29)31(34)40/h7-9,11,19-20,23,28H,5,10,12-18,21-22H2,1-3H3,(H2,34,40). The van der Waals surface area contributed by atoms with E-state index >= 15 is 0 Å². The number of ether oxygens (including phenoxy) is 1. The highest BCUT2D eigenvalue weighted by Gasteiger charge is 2.42. The van der Waals surface area contributed by atoms with Gasteiger partial charge in [-0.05, 0) is 67.1 Å². The zero-order chi connectivity index (χ0) is 31.4. The number of pyridine rings is 1. The molecule has 0 aliphatic carbocycles. The highest BCUT2D eigenvalue weighted by Crippen LogP contribution is 2.30. The van der Waals surface area contributed by atoms with Crippen LogP contribution in [0, 0.1) is 17.8 Å². The lowest BCUT2D eigenvalue weighted by molar-refractivity contribution is -0.158. The fourth-order valence-electron chi connectivity index (χ4n) is 5.84. The van der Waals surface area contributed by atoms with Crippen molar-refractivity contribution < 1.29 is 23.9 Å². The number of carbonyl (C=O) groups excluding carboxylic acids is 4. The van der Waals surface area contributed by atoms with Gasteiger partial charge in [-0.25, -0.2) is 4.98 Å². The number of anilines is 1. The Bertz CT molecular complexity index is 1480. The molecular weight excluding hydrogens is 574 g/mol. The molecule has 2 aromatic rings. The highest BCUT2D eigenvalue weighted by molar-refractivity contribution is 6.76. The lowest BCUT2D eigenvalue weighted by atomic mass is 9.93. The molecular formula is C33H41N5O5Si. The van der Waals surface area contributed by atoms with Gasteiger partial charge in [-0.1, -0.05) is 31.5 Å². The molecule has 44 heavy (non-hydrogen) atoms. The van der Waals surface area contributed by atoms with E-state index in [0.29, 0.717) is 36.6 Å². The van der Waals surface area contributed by atoms with Crippen molar-refractivity contribution in [1.29, 1.82) is 0 Å². The van der Waals surface area contributed by atoms with Crippen LogP contribution in [-0.4, -0.2) is 79.0 Å². The molecule has 0 spiro atoms. The molecule has 3 aliphatic heterocycles. The van der Waals surface area contributed by atoms with Crippen molar-refractivity contribution in [1.82, 2.24) is 14.8 Å². The molecule has 1 aromatic carbocycles. The number of carbonyl (C=O) groups is 4. The molecule has 10 nitrogen and oxygen atoms in total. The minimum Gasteiger partial charge on any atom is -0.366 e. The first-order chi connectivity index (χ1) is 21.0. The zero-order valence-corrected chi connectivity index (χ0v) is 26.8. The summed E-state index contributed by atoms with van der Waals surface area (Å²) in [5.41, 5.74) is 8.00. The summed E-state index contributed by atoms with van der Waals surface area (Å²) in [5, 5.41) is 0. The number of aromatic nitrogens is 1. The second kappa shape index (κ2) is 13.3. The topological polar surface area (TPSA) is 126 Å². The monoisotopic (exact) mass is 615 g/mol. The van der Waals surface area contributed by atoms with E-state index in [-0.39, 0.29) is 30.9 Å². The molecule has 1 aromatic heterocycles. The van der Waals surface area contributed by atoms with E-state index < -0.39 is 20.0 Å². The highest BCUT2D eigenvalue weighted by atomic mass is 28.3. The fraction of sp³-hybridized carbons (Fsp3) is 0.485. The number of likely N-dealkylation sites (tertiary alicyclic amines) is 1. The number of nitrogens with two attached hydrogens (primary N) is 1. The summed E-state index contributed by atoms with van der Waals surface area (Å²) in [5.74, 6) is 6.66. The number of hydrogen-bond acceptors (Lipinski definition) is 7. The molecule has 4 heterocycles. The van der Waals surface area contributed by atoms with Crippen LogP contribution in [0.4, 0.5) is 5.82 Å². The summed E-state index contributed by atoms with van der Waals surface area (Å²) < 4.78 is 5.70. The van der Waals surface area contributed by atoms with Gasteiger partial charge in [0.2, 0.25) is 11.8 Å². The van der Waals surface area contributed by atoms with Crippen LogP contribution >= 0.6 is 0 Å². The van der Waals surface area contributed by atoms with Crippen molar-refractivity contribution in [3.05, 3.63) is 58.8 Å². The molecule has 1 atom stereocenters. The maximum absolute atomic E-state index is 13.3. The third kappa shape index (κ3) is 7.37. The van der Waals surface area contributed by atoms with Crippen LogP contribution in [0.2, 0.25) is 25.7 Å². The average Bonchev–Trinajstić information content (AvgIpc) is 3.31. The number of piperidine rings is 2. The third-order valence-electron chi connectivity index (χ3n) is 8.61. The Morgan fingerprint density at radius 2 is 1.86 bits per heavy atom. The number of nitrogens with zero attached hydrogens (tertiary/aromatic N) is 4. The van der Waals surface area contributed by atoms with Gasteiger partial charge in [0.1, 0.15) is 18.6 Å². The van der Waals surface area contributed by atoms with Gasteiger partial charge in [0.25, 0.3) is 11.8 Å². The minimum atomic E-state index is -1.29. The Morgan fingerprint density at radius 1 is 1.09 bits per heavy atom. The zero-order valence-electron chi connectivity index (χ0n) is 25.8. The SMILES string of the molecule is C[Si](C)(C)CCOCN1C(=O)CCC(N2Cc3cc(C#CCC4CCN(c5ccc(C(N)=O)cn5)CC4)ccc3C2=O)C1=O. The molecule has 11 heteroatoms. The summed E-state index contributed by atoms with van der Waals surface area (Å²) in [6.45, 7) is 9.27. The Hall–Kier alpha value is -4.01. The molecule has 0 saturated carbocycles. The summed E-state index contributed by atoms with van der Waals surface area (Å²) in [6.07, 6.45) is 4.84. The largest absolute Gasteiger partial charge is 0.366 e. The summed E-state index contributed by atoms with van der Waals surface area (Å²) in [6, 6.07) is 9.42. The van der Waals surface area contributed by atoms with Crippen molar-refractivity contribution in [2.75, 3.05) is 31.3 Å². The van der Waals surface area contributed by atoms with Gasteiger partial charge in [0.05, 0.1) is 5.56 Å². The van der Waals surface area contributed by atoms with Crippen molar-refractivity contribution in [3.63, 3.8) is 0 Å². The van der Waals surface area contributed by atoms with E-state index in [1.165, 1.54) is 11.1 Å². The molecule has 232 valence electrons. The summed E-state index contributed by atoms with van der Waals surface area (Å²) in [7, 11) is -1.29.